The number of allylic oxidation sites excluding steroid dienone is 5. The standard InChI is InChI=1S/C10H13N.C2H6.Y/c1-4-7-9-10(8-5-2)11-6-3;1-2;/h4-5,7-8H,1-3H3;1-2H3;/q-2;;/b7-4-,8-5-;;. The van der Waals surface area contributed by atoms with Crippen molar-refractivity contribution in [1.29, 1.82) is 0 Å². The summed E-state index contributed by atoms with van der Waals surface area (Å²) in [7, 11) is 0. The van der Waals surface area contributed by atoms with Crippen LogP contribution in [0.15, 0.2) is 35.0 Å². The van der Waals surface area contributed by atoms with Gasteiger partial charge in [0.2, 0.25) is 0 Å². The molecule has 1 radical (unpaired) electrons. The molecule has 0 aliphatic carbocycles. The molecular formula is C12H19NY-2. The van der Waals surface area contributed by atoms with Crippen molar-refractivity contribution in [1.82, 2.24) is 0 Å². The molecule has 77 valence electrons. The molecule has 0 rings (SSSR count). The third-order valence-corrected chi connectivity index (χ3v) is 0.955. The van der Waals surface area contributed by atoms with Gasteiger partial charge in [-0.1, -0.05) is 27.7 Å². The summed E-state index contributed by atoms with van der Waals surface area (Å²) in [4.78, 5) is 3.97. The van der Waals surface area contributed by atoms with Crippen molar-refractivity contribution in [2.75, 3.05) is 0 Å². The van der Waals surface area contributed by atoms with Crippen molar-refractivity contribution in [3.8, 4) is 0 Å². The third-order valence-electron chi connectivity index (χ3n) is 0.955. The van der Waals surface area contributed by atoms with Gasteiger partial charge in [-0.3, -0.25) is 6.08 Å². The van der Waals surface area contributed by atoms with Crippen molar-refractivity contribution in [3.63, 3.8) is 0 Å². The zero-order valence-electron chi connectivity index (χ0n) is 9.83. The number of rotatable bonds is 3. The summed E-state index contributed by atoms with van der Waals surface area (Å²) >= 11 is 0. The van der Waals surface area contributed by atoms with Crippen LogP contribution in [0.4, 0.5) is 0 Å². The van der Waals surface area contributed by atoms with Gasteiger partial charge in [-0.15, -0.1) is 6.92 Å². The van der Waals surface area contributed by atoms with Gasteiger partial charge in [0.15, 0.2) is 0 Å². The quantitative estimate of drug-likeness (QED) is 0.418. The van der Waals surface area contributed by atoms with Crippen LogP contribution in [0.25, 0.3) is 0 Å². The van der Waals surface area contributed by atoms with Crippen molar-refractivity contribution in [2.45, 2.75) is 34.6 Å². The molecule has 0 heterocycles. The van der Waals surface area contributed by atoms with Gasteiger partial charge >= 0.3 is 0 Å². The van der Waals surface area contributed by atoms with Crippen molar-refractivity contribution in [2.24, 2.45) is 4.99 Å². The van der Waals surface area contributed by atoms with Gasteiger partial charge < -0.3 is 4.99 Å². The first-order valence-corrected chi connectivity index (χ1v) is 4.60. The fourth-order valence-electron chi connectivity index (χ4n) is 0.565. The van der Waals surface area contributed by atoms with E-state index in [0.29, 0.717) is 0 Å². The molecule has 0 atom stereocenters. The Bertz CT molecular complexity index is 186. The Balaban J connectivity index is -0.000000376. The molecule has 0 unspecified atom stereocenters. The van der Waals surface area contributed by atoms with Gasteiger partial charge in [0.05, 0.1) is 0 Å². The normalized spacial score (nSPS) is 11.6. The zero-order valence-corrected chi connectivity index (χ0v) is 12.7. The second kappa shape index (κ2) is 18.7. The van der Waals surface area contributed by atoms with Crippen LogP contribution in [0.2, 0.25) is 0 Å². The van der Waals surface area contributed by atoms with E-state index in [9.17, 15) is 0 Å². The van der Waals surface area contributed by atoms with Gasteiger partial charge in [-0.25, -0.2) is 11.8 Å². The van der Waals surface area contributed by atoms with E-state index in [1.54, 1.807) is 6.92 Å². The third kappa shape index (κ3) is 14.5. The van der Waals surface area contributed by atoms with Gasteiger partial charge in [-0.2, -0.15) is 24.4 Å². The first kappa shape index (κ1) is 19.5. The molecule has 0 saturated carbocycles. The minimum Gasteiger partial charge on any atom is -0.482 e. The smallest absolute Gasteiger partial charge is 0 e. The summed E-state index contributed by atoms with van der Waals surface area (Å²) in [5.74, 6) is 0. The fraction of sp³-hybridized carbons (Fsp3) is 0.417. The van der Waals surface area contributed by atoms with Crippen LogP contribution in [-0.2, 0) is 32.7 Å². The van der Waals surface area contributed by atoms with E-state index < -0.39 is 0 Å². The summed E-state index contributed by atoms with van der Waals surface area (Å²) in [6.45, 7) is 9.66. The Kier molecular flexibility index (Phi) is 26.1. The van der Waals surface area contributed by atoms with Crippen LogP contribution < -0.4 is 0 Å². The van der Waals surface area contributed by atoms with E-state index in [1.165, 1.54) is 0 Å². The number of hydrogen-bond donors (Lipinski definition) is 0. The summed E-state index contributed by atoms with van der Waals surface area (Å²) in [6, 6.07) is 0. The zero-order chi connectivity index (χ0) is 10.5. The molecular weight excluding hydrogens is 247 g/mol. The molecule has 0 aromatic carbocycles. The summed E-state index contributed by atoms with van der Waals surface area (Å²) < 4.78 is 0. The number of aliphatic imine (C=N–C) groups is 1. The van der Waals surface area contributed by atoms with Crippen LogP contribution in [-0.4, -0.2) is 6.21 Å². The van der Waals surface area contributed by atoms with E-state index in [0.717, 1.165) is 5.70 Å². The largest absolute Gasteiger partial charge is 0.482 e. The summed E-state index contributed by atoms with van der Waals surface area (Å²) in [6.07, 6.45) is 13.2. The van der Waals surface area contributed by atoms with Crippen LogP contribution in [0, 0.1) is 6.08 Å². The Morgan fingerprint density at radius 1 is 1.14 bits per heavy atom. The predicted molar refractivity (Wildman–Crippen MR) is 60.8 cm³/mol. The molecule has 0 saturated heterocycles. The summed E-state index contributed by atoms with van der Waals surface area (Å²) in [5.41, 5.74) is 0.799. The molecule has 0 spiro atoms. The first-order valence-electron chi connectivity index (χ1n) is 4.60. The second-order valence-corrected chi connectivity index (χ2v) is 1.86. The topological polar surface area (TPSA) is 12.4 Å². The number of nitrogens with zero attached hydrogens (tertiary/aromatic N) is 1. The van der Waals surface area contributed by atoms with E-state index in [1.807, 2.05) is 52.0 Å². The minimum absolute atomic E-state index is 0. The molecule has 0 aromatic rings. The molecule has 0 fully saturated rings. The van der Waals surface area contributed by atoms with E-state index >= 15 is 0 Å². The van der Waals surface area contributed by atoms with Gasteiger partial charge in [0, 0.05) is 32.7 Å². The van der Waals surface area contributed by atoms with E-state index in [-0.39, 0.29) is 32.7 Å². The number of hydrogen-bond acceptors (Lipinski definition) is 1. The van der Waals surface area contributed by atoms with Crippen LogP contribution in [0.3, 0.4) is 0 Å². The second-order valence-electron chi connectivity index (χ2n) is 1.86. The Morgan fingerprint density at radius 3 is 2.07 bits per heavy atom. The molecule has 0 N–H and O–H groups in total. The maximum Gasteiger partial charge on any atom is 0 e. The average molecular weight is 266 g/mol. The van der Waals surface area contributed by atoms with Crippen LogP contribution in [0.5, 0.6) is 0 Å². The molecule has 14 heavy (non-hydrogen) atoms. The van der Waals surface area contributed by atoms with Gasteiger partial charge in [-0.05, 0) is 0 Å². The predicted octanol–water partition coefficient (Wildman–Crippen LogP) is 3.82. The molecule has 0 bridgehead atoms. The fourth-order valence-corrected chi connectivity index (χ4v) is 0.565. The molecule has 1 nitrogen and oxygen atoms in total. The Labute approximate surface area is 114 Å². The van der Waals surface area contributed by atoms with Crippen molar-refractivity contribution in [3.05, 3.63) is 36.1 Å². The molecule has 0 amide bonds. The molecule has 2 heteroatoms. The van der Waals surface area contributed by atoms with Crippen molar-refractivity contribution < 1.29 is 32.7 Å². The SMILES string of the molecule is CC.C[C-]=NC(=[C-]/C=C\C)/C=C\C.[Y]. The van der Waals surface area contributed by atoms with E-state index in [4.69, 9.17) is 0 Å². The van der Waals surface area contributed by atoms with E-state index in [2.05, 4.69) is 17.3 Å². The molecule has 0 aliphatic rings. The van der Waals surface area contributed by atoms with Crippen molar-refractivity contribution >= 4 is 6.21 Å². The van der Waals surface area contributed by atoms with Crippen LogP contribution in [0.1, 0.15) is 34.6 Å². The minimum atomic E-state index is 0. The maximum absolute atomic E-state index is 3.97. The molecule has 0 aromatic heterocycles. The van der Waals surface area contributed by atoms with Gasteiger partial charge in [0.25, 0.3) is 0 Å². The Hall–Kier alpha value is -0.00610. The maximum atomic E-state index is 3.97. The van der Waals surface area contributed by atoms with Crippen LogP contribution >= 0.6 is 0 Å². The Morgan fingerprint density at radius 2 is 1.71 bits per heavy atom. The summed E-state index contributed by atoms with van der Waals surface area (Å²) in [5, 5.41) is 0. The first-order chi connectivity index (χ1) is 6.35. The average Bonchev–Trinajstić information content (AvgIpc) is 2.18. The monoisotopic (exact) mass is 266 g/mol. The van der Waals surface area contributed by atoms with Gasteiger partial charge in [0.1, 0.15) is 0 Å². The molecule has 0 aliphatic heterocycles.